The monoisotopic (exact) mass is 328 g/mol. The summed E-state index contributed by atoms with van der Waals surface area (Å²) in [5.41, 5.74) is 1.03. The Bertz CT molecular complexity index is 715. The third kappa shape index (κ3) is 4.25. The Hall–Kier alpha value is -3.02. The number of carboxylic acids is 1. The molecule has 1 atom stereocenters. The molecule has 1 unspecified atom stereocenters. The van der Waals surface area contributed by atoms with Crippen LogP contribution in [0, 0.1) is 0 Å². The van der Waals surface area contributed by atoms with Gasteiger partial charge in [-0.15, -0.1) is 0 Å². The first-order valence-corrected chi connectivity index (χ1v) is 7.32. The highest BCUT2D eigenvalue weighted by Gasteiger charge is 2.18. The van der Waals surface area contributed by atoms with E-state index >= 15 is 0 Å². The minimum absolute atomic E-state index is 0.353. The van der Waals surface area contributed by atoms with E-state index in [1.807, 2.05) is 0 Å². The molecular weight excluding hydrogens is 310 g/mol. The van der Waals surface area contributed by atoms with Crippen molar-refractivity contribution in [2.45, 2.75) is 12.5 Å². The van der Waals surface area contributed by atoms with Gasteiger partial charge < -0.3 is 24.7 Å². The molecular formula is C18H18NO5-. The van der Waals surface area contributed by atoms with Gasteiger partial charge in [-0.25, -0.2) is 0 Å². The van der Waals surface area contributed by atoms with Crippen LogP contribution in [-0.4, -0.2) is 26.1 Å². The van der Waals surface area contributed by atoms with E-state index in [9.17, 15) is 14.7 Å². The molecule has 1 amide bonds. The average Bonchev–Trinajstić information content (AvgIpc) is 2.60. The van der Waals surface area contributed by atoms with Gasteiger partial charge in [0, 0.05) is 18.0 Å². The fourth-order valence-corrected chi connectivity index (χ4v) is 2.32. The maximum Gasteiger partial charge on any atom is 0.251 e. The van der Waals surface area contributed by atoms with Crippen LogP contribution >= 0.6 is 0 Å². The fourth-order valence-electron chi connectivity index (χ4n) is 2.32. The fraction of sp³-hybridized carbons (Fsp3) is 0.222. The Labute approximate surface area is 140 Å². The molecule has 0 aromatic heterocycles. The van der Waals surface area contributed by atoms with Crippen molar-refractivity contribution in [3.05, 3.63) is 59.7 Å². The van der Waals surface area contributed by atoms with Gasteiger partial charge in [-0.1, -0.05) is 24.3 Å². The van der Waals surface area contributed by atoms with Crippen molar-refractivity contribution < 1.29 is 24.2 Å². The average molecular weight is 328 g/mol. The van der Waals surface area contributed by atoms with Crippen molar-refractivity contribution in [3.8, 4) is 11.5 Å². The zero-order chi connectivity index (χ0) is 17.5. The number of amides is 1. The Morgan fingerprint density at radius 1 is 1.04 bits per heavy atom. The molecule has 0 aliphatic heterocycles. The first-order chi connectivity index (χ1) is 11.5. The van der Waals surface area contributed by atoms with Crippen LogP contribution in [0.4, 0.5) is 0 Å². The zero-order valence-electron chi connectivity index (χ0n) is 13.4. The van der Waals surface area contributed by atoms with E-state index in [0.29, 0.717) is 22.6 Å². The maximum atomic E-state index is 12.3. The SMILES string of the molecule is COc1ccc(C(CC(=O)[O-])NC(=O)c2ccccc2)cc1OC. The molecule has 0 fully saturated rings. The predicted octanol–water partition coefficient (Wildman–Crippen LogP) is 1.31. The van der Waals surface area contributed by atoms with E-state index in [2.05, 4.69) is 5.32 Å². The molecule has 0 bridgehead atoms. The molecule has 2 aromatic rings. The van der Waals surface area contributed by atoms with Crippen LogP contribution in [0.1, 0.15) is 28.4 Å². The van der Waals surface area contributed by atoms with E-state index in [1.165, 1.54) is 14.2 Å². The molecule has 126 valence electrons. The van der Waals surface area contributed by atoms with Crippen LogP contribution in [0.25, 0.3) is 0 Å². The third-order valence-electron chi connectivity index (χ3n) is 3.52. The molecule has 0 spiro atoms. The van der Waals surface area contributed by atoms with Crippen molar-refractivity contribution in [2.75, 3.05) is 14.2 Å². The summed E-state index contributed by atoms with van der Waals surface area (Å²) in [6.07, 6.45) is -0.353. The highest BCUT2D eigenvalue weighted by molar-refractivity contribution is 5.94. The summed E-state index contributed by atoms with van der Waals surface area (Å²) in [6.45, 7) is 0. The highest BCUT2D eigenvalue weighted by atomic mass is 16.5. The first-order valence-electron chi connectivity index (χ1n) is 7.32. The zero-order valence-corrected chi connectivity index (χ0v) is 13.4. The summed E-state index contributed by atoms with van der Waals surface area (Å²) < 4.78 is 10.4. The third-order valence-corrected chi connectivity index (χ3v) is 3.52. The summed E-state index contributed by atoms with van der Waals surface area (Å²) in [6, 6.07) is 12.8. The van der Waals surface area contributed by atoms with Crippen molar-refractivity contribution >= 4 is 11.9 Å². The van der Waals surface area contributed by atoms with Crippen LogP contribution < -0.4 is 19.9 Å². The van der Waals surface area contributed by atoms with E-state index in [4.69, 9.17) is 9.47 Å². The normalized spacial score (nSPS) is 11.4. The van der Waals surface area contributed by atoms with Gasteiger partial charge in [-0.2, -0.15) is 0 Å². The van der Waals surface area contributed by atoms with Crippen molar-refractivity contribution in [1.29, 1.82) is 0 Å². The smallest absolute Gasteiger partial charge is 0.251 e. The number of methoxy groups -OCH3 is 2. The molecule has 0 saturated heterocycles. The molecule has 6 heteroatoms. The Balaban J connectivity index is 2.28. The Morgan fingerprint density at radius 3 is 2.29 bits per heavy atom. The summed E-state index contributed by atoms with van der Waals surface area (Å²) in [4.78, 5) is 23.4. The number of aliphatic carboxylic acids is 1. The van der Waals surface area contributed by atoms with Gasteiger partial charge in [0.15, 0.2) is 11.5 Å². The molecule has 0 saturated carbocycles. The van der Waals surface area contributed by atoms with E-state index in [1.54, 1.807) is 48.5 Å². The lowest BCUT2D eigenvalue weighted by Crippen LogP contribution is -2.34. The Morgan fingerprint density at radius 2 is 1.71 bits per heavy atom. The number of nitrogens with one attached hydrogen (secondary N) is 1. The molecule has 0 aliphatic rings. The maximum absolute atomic E-state index is 12.3. The quantitative estimate of drug-likeness (QED) is 0.828. The van der Waals surface area contributed by atoms with E-state index < -0.39 is 12.0 Å². The summed E-state index contributed by atoms with van der Waals surface area (Å²) in [7, 11) is 2.99. The van der Waals surface area contributed by atoms with Crippen molar-refractivity contribution in [3.63, 3.8) is 0 Å². The topological polar surface area (TPSA) is 87.7 Å². The summed E-state index contributed by atoms with van der Waals surface area (Å²) in [5.74, 6) is -0.657. The van der Waals surface area contributed by atoms with Crippen LogP contribution in [0.2, 0.25) is 0 Å². The second kappa shape index (κ2) is 8.01. The number of benzene rings is 2. The van der Waals surface area contributed by atoms with Gasteiger partial charge in [0.25, 0.3) is 5.91 Å². The van der Waals surface area contributed by atoms with E-state index in [-0.39, 0.29) is 12.3 Å². The molecule has 0 radical (unpaired) electrons. The number of carbonyl (C=O) groups excluding carboxylic acids is 2. The van der Waals surface area contributed by atoms with Crippen LogP contribution in [0.5, 0.6) is 11.5 Å². The largest absolute Gasteiger partial charge is 0.550 e. The van der Waals surface area contributed by atoms with Crippen molar-refractivity contribution in [2.24, 2.45) is 0 Å². The number of hydrogen-bond donors (Lipinski definition) is 1. The van der Waals surface area contributed by atoms with Crippen molar-refractivity contribution in [1.82, 2.24) is 5.32 Å². The summed E-state index contributed by atoms with van der Waals surface area (Å²) in [5, 5.41) is 13.8. The number of carbonyl (C=O) groups is 2. The van der Waals surface area contributed by atoms with E-state index in [0.717, 1.165) is 0 Å². The van der Waals surface area contributed by atoms with Gasteiger partial charge >= 0.3 is 0 Å². The molecule has 1 N–H and O–H groups in total. The molecule has 24 heavy (non-hydrogen) atoms. The number of hydrogen-bond acceptors (Lipinski definition) is 5. The van der Waals surface area contributed by atoms with Crippen LogP contribution in [0.3, 0.4) is 0 Å². The number of rotatable bonds is 7. The van der Waals surface area contributed by atoms with Gasteiger partial charge in [0.05, 0.1) is 20.3 Å². The molecule has 6 nitrogen and oxygen atoms in total. The highest BCUT2D eigenvalue weighted by Crippen LogP contribution is 2.31. The minimum Gasteiger partial charge on any atom is -0.550 e. The van der Waals surface area contributed by atoms with Gasteiger partial charge in [0.1, 0.15) is 0 Å². The second-order valence-electron chi connectivity index (χ2n) is 5.08. The standard InChI is InChI=1S/C18H19NO5/c1-23-15-9-8-13(10-16(15)24-2)14(11-17(20)21)19-18(22)12-6-4-3-5-7-12/h3-10,14H,11H2,1-2H3,(H,19,22)(H,20,21)/p-1. The molecule has 2 rings (SSSR count). The lowest BCUT2D eigenvalue weighted by molar-refractivity contribution is -0.306. The lowest BCUT2D eigenvalue weighted by Gasteiger charge is -2.21. The first kappa shape index (κ1) is 17.3. The molecule has 0 aliphatic carbocycles. The lowest BCUT2D eigenvalue weighted by atomic mass is 10.0. The van der Waals surface area contributed by atoms with Crippen LogP contribution in [0.15, 0.2) is 48.5 Å². The van der Waals surface area contributed by atoms with Gasteiger partial charge in [-0.3, -0.25) is 4.79 Å². The number of carboxylic acid groups (broad SMARTS) is 1. The molecule has 2 aromatic carbocycles. The molecule has 0 heterocycles. The van der Waals surface area contributed by atoms with Crippen LogP contribution in [-0.2, 0) is 4.79 Å². The number of ether oxygens (including phenoxy) is 2. The Kier molecular flexibility index (Phi) is 5.78. The van der Waals surface area contributed by atoms with Gasteiger partial charge in [0.2, 0.25) is 0 Å². The second-order valence-corrected chi connectivity index (χ2v) is 5.08. The van der Waals surface area contributed by atoms with Gasteiger partial charge in [-0.05, 0) is 29.8 Å². The predicted molar refractivity (Wildman–Crippen MR) is 85.8 cm³/mol. The minimum atomic E-state index is -1.26. The summed E-state index contributed by atoms with van der Waals surface area (Å²) >= 11 is 0.